The molecule has 0 saturated heterocycles. The Bertz CT molecular complexity index is 1040. The Morgan fingerprint density at radius 3 is 2.74 bits per heavy atom. The highest BCUT2D eigenvalue weighted by molar-refractivity contribution is 7.99. The summed E-state index contributed by atoms with van der Waals surface area (Å²) in [5.41, 5.74) is 1.82. The summed E-state index contributed by atoms with van der Waals surface area (Å²) < 4.78 is 7.87. The number of rotatable bonds is 4. The monoisotopic (exact) mass is 400 g/mol. The van der Waals surface area contributed by atoms with Gasteiger partial charge in [0, 0.05) is 16.5 Å². The molecule has 1 aliphatic heterocycles. The Morgan fingerprint density at radius 1 is 1.33 bits per heavy atom. The van der Waals surface area contributed by atoms with E-state index in [1.54, 1.807) is 27.7 Å². The van der Waals surface area contributed by atoms with E-state index in [4.69, 9.17) is 9.72 Å². The van der Waals surface area contributed by atoms with E-state index >= 15 is 0 Å². The summed E-state index contributed by atoms with van der Waals surface area (Å²) in [6.07, 6.45) is 1.69. The summed E-state index contributed by atoms with van der Waals surface area (Å²) in [5, 5.41) is 1.87. The maximum Gasteiger partial charge on any atom is 0.267 e. The molecule has 3 heterocycles. The van der Waals surface area contributed by atoms with Crippen LogP contribution in [0, 0.1) is 0 Å². The van der Waals surface area contributed by atoms with E-state index in [0.717, 1.165) is 44.3 Å². The lowest BCUT2D eigenvalue weighted by Crippen LogP contribution is -2.34. The van der Waals surface area contributed by atoms with Crippen LogP contribution < -0.4 is 5.56 Å². The number of thioether (sulfide) groups is 1. The van der Waals surface area contributed by atoms with Crippen LogP contribution >= 0.6 is 23.1 Å². The lowest BCUT2D eigenvalue weighted by atomic mass is 9.90. The molecule has 1 aliphatic rings. The Kier molecular flexibility index (Phi) is 4.91. The molecular formula is C21H24N2O2S2. The van der Waals surface area contributed by atoms with Gasteiger partial charge in [0.15, 0.2) is 5.16 Å². The minimum atomic E-state index is -0.212. The zero-order valence-electron chi connectivity index (χ0n) is 16.1. The number of thiophene rings is 1. The molecule has 0 amide bonds. The second-order valence-corrected chi connectivity index (χ2v) is 10.1. The third-order valence-corrected chi connectivity index (χ3v) is 7.14. The molecule has 0 N–H and O–H groups in total. The summed E-state index contributed by atoms with van der Waals surface area (Å²) in [7, 11) is 0. The van der Waals surface area contributed by atoms with Crippen molar-refractivity contribution < 1.29 is 4.74 Å². The molecule has 27 heavy (non-hydrogen) atoms. The van der Waals surface area contributed by atoms with Gasteiger partial charge in [0.1, 0.15) is 4.83 Å². The first kappa shape index (κ1) is 18.7. The highest BCUT2D eigenvalue weighted by Crippen LogP contribution is 2.39. The van der Waals surface area contributed by atoms with Crippen LogP contribution in [0.5, 0.6) is 0 Å². The molecule has 0 spiro atoms. The third-order valence-electron chi connectivity index (χ3n) is 5.08. The van der Waals surface area contributed by atoms with E-state index in [1.165, 1.54) is 0 Å². The van der Waals surface area contributed by atoms with Crippen molar-refractivity contribution in [1.82, 2.24) is 9.55 Å². The van der Waals surface area contributed by atoms with Crippen molar-refractivity contribution in [2.24, 2.45) is 0 Å². The lowest BCUT2D eigenvalue weighted by Gasteiger charge is -2.32. The van der Waals surface area contributed by atoms with Crippen molar-refractivity contribution >= 4 is 33.3 Å². The zero-order valence-corrected chi connectivity index (χ0v) is 17.7. The number of hydrogen-bond acceptors (Lipinski definition) is 5. The molecule has 0 radical (unpaired) electrons. The van der Waals surface area contributed by atoms with Gasteiger partial charge in [-0.05, 0) is 31.0 Å². The fourth-order valence-corrected chi connectivity index (χ4v) is 5.43. The summed E-state index contributed by atoms with van der Waals surface area (Å²) in [6.45, 7) is 9.08. The number of para-hydroxylation sites is 1. The second kappa shape index (κ2) is 7.08. The van der Waals surface area contributed by atoms with E-state index in [1.807, 2.05) is 30.3 Å². The van der Waals surface area contributed by atoms with Gasteiger partial charge in [-0.3, -0.25) is 9.36 Å². The van der Waals surface area contributed by atoms with Crippen LogP contribution in [-0.2, 0) is 17.8 Å². The standard InChI is InChI=1S/C21H24N2O2S2/c1-5-21(4)11-15-16(12-25-21)27-18-17(15)19(24)23(14-9-7-6-8-10-14)20(22-18)26-13(2)3/h6-10,13H,5,11-12H2,1-4H3/t21-/m0/s1. The van der Waals surface area contributed by atoms with E-state index in [-0.39, 0.29) is 11.2 Å². The van der Waals surface area contributed by atoms with Crippen LogP contribution in [-0.4, -0.2) is 20.4 Å². The Balaban J connectivity index is 1.99. The predicted molar refractivity (Wildman–Crippen MR) is 113 cm³/mol. The Hall–Kier alpha value is -1.63. The molecule has 3 aromatic rings. The molecule has 2 aromatic heterocycles. The predicted octanol–water partition coefficient (Wildman–Crippen LogP) is 5.19. The molecule has 0 fully saturated rings. The lowest BCUT2D eigenvalue weighted by molar-refractivity contribution is -0.0543. The quantitative estimate of drug-likeness (QED) is 0.447. The van der Waals surface area contributed by atoms with E-state index in [0.29, 0.717) is 11.9 Å². The van der Waals surface area contributed by atoms with Crippen molar-refractivity contribution in [2.45, 2.75) is 63.2 Å². The van der Waals surface area contributed by atoms with Gasteiger partial charge in [0.05, 0.1) is 23.3 Å². The van der Waals surface area contributed by atoms with E-state index < -0.39 is 0 Å². The normalized spacial score (nSPS) is 19.6. The SMILES string of the molecule is CC[C@@]1(C)Cc2c(sc3nc(SC(C)C)n(-c4ccccc4)c(=O)c23)CO1. The van der Waals surface area contributed by atoms with Crippen LogP contribution in [0.1, 0.15) is 44.6 Å². The molecule has 0 aliphatic carbocycles. The highest BCUT2D eigenvalue weighted by Gasteiger charge is 2.33. The van der Waals surface area contributed by atoms with Gasteiger partial charge in [-0.25, -0.2) is 4.98 Å². The van der Waals surface area contributed by atoms with E-state index in [9.17, 15) is 4.79 Å². The van der Waals surface area contributed by atoms with Gasteiger partial charge >= 0.3 is 0 Å². The largest absolute Gasteiger partial charge is 0.369 e. The smallest absolute Gasteiger partial charge is 0.267 e. The maximum absolute atomic E-state index is 13.6. The number of aromatic nitrogens is 2. The van der Waals surface area contributed by atoms with Crippen molar-refractivity contribution in [2.75, 3.05) is 0 Å². The number of hydrogen-bond donors (Lipinski definition) is 0. The molecule has 0 bridgehead atoms. The summed E-state index contributed by atoms with van der Waals surface area (Å²) in [4.78, 5) is 20.5. The van der Waals surface area contributed by atoms with Gasteiger partial charge in [-0.15, -0.1) is 11.3 Å². The van der Waals surface area contributed by atoms with Gasteiger partial charge in [0.25, 0.3) is 5.56 Å². The fourth-order valence-electron chi connectivity index (χ4n) is 3.42. The van der Waals surface area contributed by atoms with Crippen molar-refractivity contribution in [1.29, 1.82) is 0 Å². The van der Waals surface area contributed by atoms with Crippen molar-refractivity contribution in [3.05, 3.63) is 51.1 Å². The Labute approximate surface area is 167 Å². The average Bonchev–Trinajstić information content (AvgIpc) is 2.99. The van der Waals surface area contributed by atoms with Gasteiger partial charge in [-0.2, -0.15) is 0 Å². The number of fused-ring (bicyclic) bond motifs is 3. The number of benzene rings is 1. The molecule has 1 aromatic carbocycles. The molecule has 0 saturated carbocycles. The van der Waals surface area contributed by atoms with Crippen LogP contribution in [0.2, 0.25) is 0 Å². The van der Waals surface area contributed by atoms with Crippen molar-refractivity contribution in [3.63, 3.8) is 0 Å². The van der Waals surface area contributed by atoms with E-state index in [2.05, 4.69) is 27.7 Å². The maximum atomic E-state index is 13.6. The number of ether oxygens (including phenoxy) is 1. The minimum Gasteiger partial charge on any atom is -0.369 e. The van der Waals surface area contributed by atoms with Crippen LogP contribution in [0.4, 0.5) is 0 Å². The first-order chi connectivity index (χ1) is 12.9. The minimum absolute atomic E-state index is 0.0344. The first-order valence-corrected chi connectivity index (χ1v) is 11.0. The topological polar surface area (TPSA) is 44.1 Å². The molecule has 6 heteroatoms. The first-order valence-electron chi connectivity index (χ1n) is 9.35. The molecule has 4 rings (SSSR count). The Morgan fingerprint density at radius 2 is 2.07 bits per heavy atom. The third kappa shape index (κ3) is 3.35. The summed E-state index contributed by atoms with van der Waals surface area (Å²) in [5.74, 6) is 0. The molecule has 142 valence electrons. The second-order valence-electron chi connectivity index (χ2n) is 7.49. The molecule has 1 atom stereocenters. The summed E-state index contributed by atoms with van der Waals surface area (Å²) >= 11 is 3.23. The van der Waals surface area contributed by atoms with Crippen LogP contribution in [0.15, 0.2) is 40.3 Å². The highest BCUT2D eigenvalue weighted by atomic mass is 32.2. The van der Waals surface area contributed by atoms with Gasteiger partial charge < -0.3 is 4.74 Å². The summed E-state index contributed by atoms with van der Waals surface area (Å²) in [6, 6.07) is 9.82. The fraction of sp³-hybridized carbons (Fsp3) is 0.429. The van der Waals surface area contributed by atoms with Gasteiger partial charge in [-0.1, -0.05) is 50.7 Å². The number of nitrogens with zero attached hydrogens (tertiary/aromatic N) is 2. The zero-order chi connectivity index (χ0) is 19.2. The van der Waals surface area contributed by atoms with Crippen molar-refractivity contribution in [3.8, 4) is 5.69 Å². The van der Waals surface area contributed by atoms with Gasteiger partial charge in [0.2, 0.25) is 0 Å². The molecule has 0 unspecified atom stereocenters. The molecule has 4 nitrogen and oxygen atoms in total. The molecular weight excluding hydrogens is 376 g/mol. The average molecular weight is 401 g/mol. The van der Waals surface area contributed by atoms with Crippen LogP contribution in [0.3, 0.4) is 0 Å². The van der Waals surface area contributed by atoms with Crippen LogP contribution in [0.25, 0.3) is 15.9 Å².